The van der Waals surface area contributed by atoms with Crippen LogP contribution in [-0.2, 0) is 6.42 Å². The molecule has 0 bridgehead atoms. The van der Waals surface area contributed by atoms with Gasteiger partial charge in [0.1, 0.15) is 0 Å². The molecular formula is C17H23NS. The average Bonchev–Trinajstić information content (AvgIpc) is 2.47. The van der Waals surface area contributed by atoms with Crippen molar-refractivity contribution in [3.63, 3.8) is 0 Å². The molecule has 2 rings (SSSR count). The van der Waals surface area contributed by atoms with E-state index in [1.807, 2.05) is 11.8 Å². The first-order chi connectivity index (χ1) is 9.30. The van der Waals surface area contributed by atoms with Gasteiger partial charge in [-0.1, -0.05) is 44.2 Å². The van der Waals surface area contributed by atoms with Crippen molar-refractivity contribution in [2.24, 2.45) is 0 Å². The lowest BCUT2D eigenvalue weighted by atomic mass is 10.0. The Labute approximate surface area is 121 Å². The van der Waals surface area contributed by atoms with E-state index in [-0.39, 0.29) is 0 Å². The van der Waals surface area contributed by atoms with Crippen molar-refractivity contribution in [1.29, 1.82) is 0 Å². The Bertz CT molecular complexity index is 527. The van der Waals surface area contributed by atoms with E-state index in [0.717, 1.165) is 26.1 Å². The van der Waals surface area contributed by atoms with E-state index in [4.69, 9.17) is 0 Å². The highest BCUT2D eigenvalue weighted by molar-refractivity contribution is 7.98. The van der Waals surface area contributed by atoms with Crippen molar-refractivity contribution < 1.29 is 0 Å². The minimum absolute atomic E-state index is 1.14. The number of likely N-dealkylation sites (N-methyl/N-ethyl adjacent to an activating group) is 1. The second-order valence-corrected chi connectivity index (χ2v) is 5.60. The van der Waals surface area contributed by atoms with Crippen LogP contribution >= 0.6 is 11.8 Å². The van der Waals surface area contributed by atoms with E-state index in [1.165, 1.54) is 21.2 Å². The predicted molar refractivity (Wildman–Crippen MR) is 87.2 cm³/mol. The topological polar surface area (TPSA) is 3.24 Å². The molecule has 0 unspecified atom stereocenters. The van der Waals surface area contributed by atoms with Crippen LogP contribution in [0.1, 0.15) is 19.4 Å². The molecule has 0 aliphatic carbocycles. The summed E-state index contributed by atoms with van der Waals surface area (Å²) in [6.45, 7) is 7.89. The maximum Gasteiger partial charge on any atom is 0.0150 e. The maximum atomic E-state index is 2.49. The minimum Gasteiger partial charge on any atom is -0.304 e. The van der Waals surface area contributed by atoms with Gasteiger partial charge in [-0.15, -0.1) is 11.8 Å². The lowest BCUT2D eigenvalue weighted by Crippen LogP contribution is -2.25. The fourth-order valence-corrected chi connectivity index (χ4v) is 3.25. The van der Waals surface area contributed by atoms with Gasteiger partial charge in [-0.2, -0.15) is 0 Å². The number of hydrogen-bond donors (Lipinski definition) is 0. The molecule has 0 heterocycles. The van der Waals surface area contributed by atoms with E-state index >= 15 is 0 Å². The molecule has 0 amide bonds. The summed E-state index contributed by atoms with van der Waals surface area (Å²) in [7, 11) is 0. The summed E-state index contributed by atoms with van der Waals surface area (Å²) in [5.41, 5.74) is 1.48. The van der Waals surface area contributed by atoms with Crippen LogP contribution in [0.15, 0.2) is 41.3 Å². The summed E-state index contributed by atoms with van der Waals surface area (Å²) in [6, 6.07) is 13.3. The third-order valence-electron chi connectivity index (χ3n) is 3.76. The average molecular weight is 273 g/mol. The zero-order chi connectivity index (χ0) is 13.7. The lowest BCUT2D eigenvalue weighted by molar-refractivity contribution is 0.308. The predicted octanol–water partition coefficient (Wildman–Crippen LogP) is 4.45. The van der Waals surface area contributed by atoms with Crippen molar-refractivity contribution in [3.05, 3.63) is 42.0 Å². The first-order valence-corrected chi connectivity index (χ1v) is 8.29. The van der Waals surface area contributed by atoms with Crippen LogP contribution in [0.5, 0.6) is 0 Å². The number of benzene rings is 2. The number of nitrogens with zero attached hydrogens (tertiary/aromatic N) is 1. The molecule has 0 fully saturated rings. The number of rotatable bonds is 6. The fraction of sp³-hybridized carbons (Fsp3) is 0.412. The Hall–Kier alpha value is -0.990. The first kappa shape index (κ1) is 14.4. The number of fused-ring (bicyclic) bond motifs is 1. The Balaban J connectivity index is 2.32. The standard InChI is InChI=1S/C17H23NS/c1-4-18(5-2)13-12-15-9-6-8-14-10-7-11-16(19-3)17(14)15/h6-11H,4-5,12-13H2,1-3H3. The summed E-state index contributed by atoms with van der Waals surface area (Å²) in [4.78, 5) is 3.88. The van der Waals surface area contributed by atoms with Crippen molar-refractivity contribution in [2.45, 2.75) is 25.2 Å². The third-order valence-corrected chi connectivity index (χ3v) is 4.54. The zero-order valence-corrected chi connectivity index (χ0v) is 13.0. The molecule has 0 spiro atoms. The number of thioether (sulfide) groups is 1. The van der Waals surface area contributed by atoms with Gasteiger partial charge in [-0.3, -0.25) is 0 Å². The largest absolute Gasteiger partial charge is 0.304 e. The number of hydrogen-bond acceptors (Lipinski definition) is 2. The summed E-state index contributed by atoms with van der Waals surface area (Å²) >= 11 is 1.84. The van der Waals surface area contributed by atoms with Gasteiger partial charge in [0.15, 0.2) is 0 Å². The van der Waals surface area contributed by atoms with E-state index < -0.39 is 0 Å². The Morgan fingerprint density at radius 3 is 2.32 bits per heavy atom. The first-order valence-electron chi connectivity index (χ1n) is 7.07. The molecule has 0 radical (unpaired) electrons. The molecule has 1 nitrogen and oxygen atoms in total. The molecular weight excluding hydrogens is 250 g/mol. The van der Waals surface area contributed by atoms with Crippen LogP contribution in [-0.4, -0.2) is 30.8 Å². The Kier molecular flexibility index (Phi) is 5.29. The third kappa shape index (κ3) is 3.31. The highest BCUT2D eigenvalue weighted by Crippen LogP contribution is 2.29. The van der Waals surface area contributed by atoms with E-state index in [0.29, 0.717) is 0 Å². The molecule has 2 heteroatoms. The SMILES string of the molecule is CCN(CC)CCc1cccc2cccc(SC)c12. The highest BCUT2D eigenvalue weighted by Gasteiger charge is 2.07. The molecule has 2 aromatic carbocycles. The van der Waals surface area contributed by atoms with Crippen molar-refractivity contribution >= 4 is 22.5 Å². The Morgan fingerprint density at radius 1 is 1.00 bits per heavy atom. The van der Waals surface area contributed by atoms with Gasteiger partial charge in [0.25, 0.3) is 0 Å². The zero-order valence-electron chi connectivity index (χ0n) is 12.1. The van der Waals surface area contributed by atoms with Gasteiger partial charge in [-0.25, -0.2) is 0 Å². The van der Waals surface area contributed by atoms with Gasteiger partial charge in [-0.05, 0) is 48.2 Å². The van der Waals surface area contributed by atoms with Crippen LogP contribution in [0.4, 0.5) is 0 Å². The molecule has 0 saturated heterocycles. The minimum atomic E-state index is 1.14. The normalized spacial score (nSPS) is 11.4. The lowest BCUT2D eigenvalue weighted by Gasteiger charge is -2.19. The molecule has 0 atom stereocenters. The molecule has 0 aromatic heterocycles. The van der Waals surface area contributed by atoms with Crippen molar-refractivity contribution in [2.75, 3.05) is 25.9 Å². The van der Waals surface area contributed by atoms with Crippen LogP contribution < -0.4 is 0 Å². The molecule has 2 aromatic rings. The van der Waals surface area contributed by atoms with E-state index in [2.05, 4.69) is 61.4 Å². The van der Waals surface area contributed by atoms with Gasteiger partial charge in [0.05, 0.1) is 0 Å². The molecule has 0 saturated carbocycles. The van der Waals surface area contributed by atoms with Crippen LogP contribution in [0.2, 0.25) is 0 Å². The quantitative estimate of drug-likeness (QED) is 0.716. The molecule has 0 aliphatic rings. The summed E-state index contributed by atoms with van der Waals surface area (Å²) < 4.78 is 0. The van der Waals surface area contributed by atoms with Gasteiger partial charge in [0, 0.05) is 11.4 Å². The second kappa shape index (κ2) is 6.97. The van der Waals surface area contributed by atoms with Crippen LogP contribution in [0.25, 0.3) is 10.8 Å². The van der Waals surface area contributed by atoms with Crippen LogP contribution in [0.3, 0.4) is 0 Å². The molecule has 0 aliphatic heterocycles. The second-order valence-electron chi connectivity index (χ2n) is 4.75. The monoisotopic (exact) mass is 273 g/mol. The van der Waals surface area contributed by atoms with Gasteiger partial charge >= 0.3 is 0 Å². The maximum absolute atomic E-state index is 2.49. The summed E-state index contributed by atoms with van der Waals surface area (Å²) in [6.07, 6.45) is 3.30. The molecule has 19 heavy (non-hydrogen) atoms. The highest BCUT2D eigenvalue weighted by atomic mass is 32.2. The van der Waals surface area contributed by atoms with Gasteiger partial charge in [0.2, 0.25) is 0 Å². The van der Waals surface area contributed by atoms with Crippen molar-refractivity contribution in [1.82, 2.24) is 4.90 Å². The van der Waals surface area contributed by atoms with Crippen molar-refractivity contribution in [3.8, 4) is 0 Å². The summed E-state index contributed by atoms with van der Waals surface area (Å²) in [5.74, 6) is 0. The molecule has 102 valence electrons. The Morgan fingerprint density at radius 2 is 1.68 bits per heavy atom. The van der Waals surface area contributed by atoms with E-state index in [9.17, 15) is 0 Å². The summed E-state index contributed by atoms with van der Waals surface area (Å²) in [5, 5.41) is 2.81. The fourth-order valence-electron chi connectivity index (χ4n) is 2.58. The van der Waals surface area contributed by atoms with E-state index in [1.54, 1.807) is 0 Å². The van der Waals surface area contributed by atoms with Gasteiger partial charge < -0.3 is 4.90 Å². The van der Waals surface area contributed by atoms with Crippen LogP contribution in [0, 0.1) is 0 Å². The molecule has 0 N–H and O–H groups in total. The smallest absolute Gasteiger partial charge is 0.0150 e.